The minimum absolute atomic E-state index is 0.218. The van der Waals surface area contributed by atoms with Crippen molar-refractivity contribution in [3.05, 3.63) is 29.7 Å². The molecule has 2 aromatic heterocycles. The molecule has 11 heteroatoms. The molecule has 1 amide bonds. The van der Waals surface area contributed by atoms with E-state index in [1.165, 1.54) is 0 Å². The highest BCUT2D eigenvalue weighted by molar-refractivity contribution is 7.90. The van der Waals surface area contributed by atoms with Crippen LogP contribution in [0.15, 0.2) is 18.5 Å². The van der Waals surface area contributed by atoms with Gasteiger partial charge >= 0.3 is 6.09 Å². The van der Waals surface area contributed by atoms with Crippen molar-refractivity contribution in [3.63, 3.8) is 0 Å². The highest BCUT2D eigenvalue weighted by atomic mass is 32.2. The average Bonchev–Trinajstić information content (AvgIpc) is 3.16. The van der Waals surface area contributed by atoms with E-state index in [9.17, 15) is 18.1 Å². The van der Waals surface area contributed by atoms with Crippen LogP contribution in [0.25, 0.3) is 5.65 Å². The number of amides is 1. The van der Waals surface area contributed by atoms with E-state index in [4.69, 9.17) is 9.72 Å². The second-order valence-corrected chi connectivity index (χ2v) is 15.4. The molecule has 2 N–H and O–H groups in total. The molecule has 0 spiro atoms. The average molecular weight is 556 g/mol. The van der Waals surface area contributed by atoms with E-state index in [2.05, 4.69) is 35.9 Å². The van der Waals surface area contributed by atoms with Crippen LogP contribution in [0.5, 0.6) is 0 Å². The zero-order chi connectivity index (χ0) is 28.7. The zero-order valence-corrected chi connectivity index (χ0v) is 24.8. The Kier molecular flexibility index (Phi) is 8.75. The molecule has 3 atom stereocenters. The summed E-state index contributed by atoms with van der Waals surface area (Å²) in [4.78, 5) is 17.5. The van der Waals surface area contributed by atoms with Crippen LogP contribution in [0, 0.1) is 11.3 Å². The fraction of sp³-hybridized carbons (Fsp3) is 0.741. The first-order valence-corrected chi connectivity index (χ1v) is 14.3. The summed E-state index contributed by atoms with van der Waals surface area (Å²) in [5.41, 5.74) is 0.936. The summed E-state index contributed by atoms with van der Waals surface area (Å²) in [5.74, 6) is -2.91. The van der Waals surface area contributed by atoms with Crippen LogP contribution in [-0.4, -0.2) is 41.5 Å². The van der Waals surface area contributed by atoms with Gasteiger partial charge in [0.15, 0.2) is 5.65 Å². The molecule has 1 unspecified atom stereocenters. The topological polar surface area (TPSA) is 104 Å². The number of hydrogen-bond acceptors (Lipinski definition) is 6. The van der Waals surface area contributed by atoms with Crippen molar-refractivity contribution in [2.45, 2.75) is 116 Å². The standard InChI is InChI=1S/C27H43F2N5O3S/c1-24(2,3)22(33-38(36)26(7,8)9)18-14-20-31-19(16-34(20)30-15-18)21(32-23(35)37-25(4,5)6)17-10-12-27(28,29)13-11-17/h14-17,21-22,33H,10-13H2,1-9H3,(H,32,35)/t21-,22+,38?/m0/s1. The molecule has 0 bridgehead atoms. The van der Waals surface area contributed by atoms with Crippen LogP contribution in [0.3, 0.4) is 0 Å². The zero-order valence-electron chi connectivity index (χ0n) is 24.0. The molecule has 2 aromatic rings. The predicted octanol–water partition coefficient (Wildman–Crippen LogP) is 6.26. The SMILES string of the molecule is CC(C)(C)OC(=O)N[C@H](c1cn2ncc([C@@H](N[S+]([O-])C(C)(C)C)C(C)(C)C)cc2n1)C1CCC(F)(F)CC1. The molecule has 214 valence electrons. The lowest BCUT2D eigenvalue weighted by Gasteiger charge is -2.34. The molecule has 2 heterocycles. The van der Waals surface area contributed by atoms with Crippen molar-refractivity contribution < 1.29 is 22.9 Å². The number of alkyl halides is 2. The molecule has 0 radical (unpaired) electrons. The summed E-state index contributed by atoms with van der Waals surface area (Å²) in [6.07, 6.45) is 2.88. The number of alkyl carbamates (subject to hydrolysis) is 1. The maximum Gasteiger partial charge on any atom is 0.408 e. The Morgan fingerprint density at radius 2 is 1.76 bits per heavy atom. The maximum atomic E-state index is 13.9. The Labute approximate surface area is 228 Å². The number of imidazole rings is 1. The summed E-state index contributed by atoms with van der Waals surface area (Å²) >= 11 is -1.30. The summed E-state index contributed by atoms with van der Waals surface area (Å²) in [6.45, 7) is 17.2. The molecule has 1 fully saturated rings. The largest absolute Gasteiger partial charge is 0.598 e. The fourth-order valence-electron chi connectivity index (χ4n) is 4.51. The number of fused-ring (bicyclic) bond motifs is 1. The number of carbonyl (C=O) groups excluding carboxylic acids is 1. The molecule has 1 aliphatic carbocycles. The first-order chi connectivity index (χ1) is 17.2. The van der Waals surface area contributed by atoms with Gasteiger partial charge in [0.1, 0.15) is 10.3 Å². The second-order valence-electron chi connectivity index (χ2n) is 13.4. The lowest BCUT2D eigenvalue weighted by Crippen LogP contribution is -2.44. The van der Waals surface area contributed by atoms with E-state index < -0.39 is 39.8 Å². The van der Waals surface area contributed by atoms with Gasteiger partial charge in [-0.2, -0.15) is 5.10 Å². The van der Waals surface area contributed by atoms with E-state index >= 15 is 0 Å². The minimum atomic E-state index is -2.69. The molecule has 1 saturated carbocycles. The van der Waals surface area contributed by atoms with E-state index in [1.807, 2.05) is 26.8 Å². The van der Waals surface area contributed by atoms with Gasteiger partial charge in [-0.15, -0.1) is 4.72 Å². The Bertz CT molecular complexity index is 1110. The minimum Gasteiger partial charge on any atom is -0.598 e. The highest BCUT2D eigenvalue weighted by Crippen LogP contribution is 2.41. The van der Waals surface area contributed by atoms with Crippen molar-refractivity contribution in [2.24, 2.45) is 11.3 Å². The van der Waals surface area contributed by atoms with Gasteiger partial charge in [0, 0.05) is 24.2 Å². The van der Waals surface area contributed by atoms with Gasteiger partial charge in [-0.05, 0) is 77.3 Å². The van der Waals surface area contributed by atoms with E-state index in [0.717, 1.165) is 5.56 Å². The highest BCUT2D eigenvalue weighted by Gasteiger charge is 2.40. The third-order valence-electron chi connectivity index (χ3n) is 6.56. The Balaban J connectivity index is 1.95. The number of nitrogens with one attached hydrogen (secondary N) is 2. The van der Waals surface area contributed by atoms with Crippen molar-refractivity contribution in [2.75, 3.05) is 0 Å². The number of rotatable bonds is 6. The Hall–Kier alpha value is -1.98. The van der Waals surface area contributed by atoms with Gasteiger partial charge in [-0.25, -0.2) is 23.1 Å². The van der Waals surface area contributed by atoms with Gasteiger partial charge in [0.2, 0.25) is 5.92 Å². The molecule has 8 nitrogen and oxygen atoms in total. The van der Waals surface area contributed by atoms with Gasteiger partial charge in [0.05, 0.1) is 30.2 Å². The molecule has 3 rings (SSSR count). The van der Waals surface area contributed by atoms with Crippen LogP contribution < -0.4 is 10.0 Å². The normalized spacial score (nSPS) is 19.7. The van der Waals surface area contributed by atoms with Crippen molar-refractivity contribution in [3.8, 4) is 0 Å². The molecule has 0 aromatic carbocycles. The number of hydrogen-bond donors (Lipinski definition) is 2. The first kappa shape index (κ1) is 30.6. The third-order valence-corrected chi connectivity index (χ3v) is 8.13. The molecular formula is C27H43F2N5O3S. The number of ether oxygens (including phenoxy) is 1. The van der Waals surface area contributed by atoms with Crippen LogP contribution in [0.1, 0.15) is 111 Å². The second kappa shape index (κ2) is 10.9. The predicted molar refractivity (Wildman–Crippen MR) is 145 cm³/mol. The van der Waals surface area contributed by atoms with E-state index in [0.29, 0.717) is 11.3 Å². The van der Waals surface area contributed by atoms with Crippen LogP contribution in [0.2, 0.25) is 0 Å². The van der Waals surface area contributed by atoms with Crippen molar-refractivity contribution in [1.29, 1.82) is 0 Å². The first-order valence-electron chi connectivity index (χ1n) is 13.2. The smallest absolute Gasteiger partial charge is 0.408 e. The van der Waals surface area contributed by atoms with Gasteiger partial charge in [-0.3, -0.25) is 0 Å². The lowest BCUT2D eigenvalue weighted by molar-refractivity contribution is -0.0500. The maximum absolute atomic E-state index is 13.9. The fourth-order valence-corrected chi connectivity index (χ4v) is 5.57. The number of aromatic nitrogens is 3. The molecule has 38 heavy (non-hydrogen) atoms. The quantitative estimate of drug-likeness (QED) is 0.408. The monoisotopic (exact) mass is 555 g/mol. The van der Waals surface area contributed by atoms with Crippen molar-refractivity contribution in [1.82, 2.24) is 24.6 Å². The number of halogens is 2. The van der Waals surface area contributed by atoms with Crippen molar-refractivity contribution >= 4 is 23.1 Å². The Morgan fingerprint density at radius 1 is 1.16 bits per heavy atom. The summed E-state index contributed by atoms with van der Waals surface area (Å²) < 4.78 is 50.6. The molecule has 0 aliphatic heterocycles. The summed E-state index contributed by atoms with van der Waals surface area (Å²) in [5, 5.41) is 7.44. The van der Waals surface area contributed by atoms with E-state index in [-0.39, 0.29) is 43.1 Å². The van der Waals surface area contributed by atoms with E-state index in [1.54, 1.807) is 37.7 Å². The number of nitrogens with zero attached hydrogens (tertiary/aromatic N) is 3. The van der Waals surface area contributed by atoms with Crippen LogP contribution >= 0.6 is 0 Å². The Morgan fingerprint density at radius 3 is 2.29 bits per heavy atom. The molecule has 0 saturated heterocycles. The third kappa shape index (κ3) is 8.02. The lowest BCUT2D eigenvalue weighted by atomic mass is 9.81. The van der Waals surface area contributed by atoms with Gasteiger partial charge < -0.3 is 14.6 Å². The number of carbonyl (C=O) groups is 1. The molecule has 1 aliphatic rings. The van der Waals surface area contributed by atoms with Crippen LogP contribution in [0.4, 0.5) is 13.6 Å². The molecular weight excluding hydrogens is 512 g/mol. The summed E-state index contributed by atoms with van der Waals surface area (Å²) in [6, 6.07) is 1.02. The van der Waals surface area contributed by atoms with Crippen LogP contribution in [-0.2, 0) is 16.1 Å². The van der Waals surface area contributed by atoms with Gasteiger partial charge in [0.25, 0.3) is 0 Å². The van der Waals surface area contributed by atoms with Gasteiger partial charge in [-0.1, -0.05) is 20.8 Å². The summed E-state index contributed by atoms with van der Waals surface area (Å²) in [7, 11) is 0.